The molecule has 2 N–H and O–H groups in total. The summed E-state index contributed by atoms with van der Waals surface area (Å²) in [5.74, 6) is 5.76. The molecule has 0 aliphatic carbocycles. The summed E-state index contributed by atoms with van der Waals surface area (Å²) >= 11 is 0. The summed E-state index contributed by atoms with van der Waals surface area (Å²) in [6, 6.07) is 8.36. The molecule has 3 heteroatoms. The molecule has 14 heavy (non-hydrogen) atoms. The van der Waals surface area contributed by atoms with E-state index in [0.717, 1.165) is 13.1 Å². The second-order valence-electron chi connectivity index (χ2n) is 3.93. The number of likely N-dealkylation sites (tertiary alicyclic amines) is 1. The summed E-state index contributed by atoms with van der Waals surface area (Å²) in [5.41, 5.74) is 2.60. The Morgan fingerprint density at radius 3 is 2.79 bits per heavy atom. The Kier molecular flexibility index (Phi) is 2.82. The second-order valence-corrected chi connectivity index (χ2v) is 3.93. The molecular weight excluding hydrogens is 176 g/mol. The highest BCUT2D eigenvalue weighted by atomic mass is 16.6. The van der Waals surface area contributed by atoms with Crippen molar-refractivity contribution in [3.05, 3.63) is 35.4 Å². The molecule has 76 valence electrons. The highest BCUT2D eigenvalue weighted by molar-refractivity contribution is 5.32. The van der Waals surface area contributed by atoms with Crippen LogP contribution in [0.3, 0.4) is 0 Å². The van der Waals surface area contributed by atoms with Crippen molar-refractivity contribution in [1.82, 2.24) is 4.90 Å². The van der Waals surface area contributed by atoms with Gasteiger partial charge < -0.3 is 4.90 Å². The van der Waals surface area contributed by atoms with Gasteiger partial charge in [0.15, 0.2) is 0 Å². The zero-order valence-electron chi connectivity index (χ0n) is 8.44. The quantitative estimate of drug-likeness (QED) is 0.729. The zero-order valence-corrected chi connectivity index (χ0v) is 8.44. The van der Waals surface area contributed by atoms with Crippen molar-refractivity contribution in [2.24, 2.45) is 5.90 Å². The molecule has 1 aromatic carbocycles. The second kappa shape index (κ2) is 4.09. The van der Waals surface area contributed by atoms with Crippen LogP contribution in [-0.4, -0.2) is 25.0 Å². The summed E-state index contributed by atoms with van der Waals surface area (Å²) < 4.78 is 0. The van der Waals surface area contributed by atoms with Gasteiger partial charge in [0.2, 0.25) is 0 Å². The summed E-state index contributed by atoms with van der Waals surface area (Å²) in [6.07, 6.45) is 0. The van der Waals surface area contributed by atoms with Crippen LogP contribution in [0.4, 0.5) is 0 Å². The van der Waals surface area contributed by atoms with E-state index in [1.165, 1.54) is 11.1 Å². The largest absolute Gasteiger partial charge is 0.305 e. The predicted molar refractivity (Wildman–Crippen MR) is 55.7 cm³/mol. The molecule has 1 aromatic rings. The van der Waals surface area contributed by atoms with Crippen molar-refractivity contribution in [3.8, 4) is 0 Å². The number of likely N-dealkylation sites (N-methyl/N-ethyl adjacent to an activating group) is 1. The number of rotatable bonds is 3. The summed E-state index contributed by atoms with van der Waals surface area (Å²) in [5, 5.41) is 0. The highest BCUT2D eigenvalue weighted by Gasteiger charge is 2.26. The first-order chi connectivity index (χ1) is 6.81. The molecular formula is C11H16N2O. The van der Waals surface area contributed by atoms with Crippen LogP contribution in [0.1, 0.15) is 17.0 Å². The predicted octanol–water partition coefficient (Wildman–Crippen LogP) is 1.11. The number of nitrogens with two attached hydrogens (primary N) is 1. The summed E-state index contributed by atoms with van der Waals surface area (Å²) in [7, 11) is 2.14. The monoisotopic (exact) mass is 192 g/mol. The van der Waals surface area contributed by atoms with Crippen LogP contribution in [0.2, 0.25) is 0 Å². The van der Waals surface area contributed by atoms with Crippen molar-refractivity contribution in [1.29, 1.82) is 0 Å². The number of hydrogen-bond acceptors (Lipinski definition) is 3. The van der Waals surface area contributed by atoms with Gasteiger partial charge in [0.05, 0.1) is 6.61 Å². The standard InChI is InChI=1S/C11H16N2O/c1-13-6-10(7-13)11-5-3-2-4-9(11)8-14-12/h2-5,10H,6-8,12H2,1H3. The van der Waals surface area contributed by atoms with Crippen molar-refractivity contribution >= 4 is 0 Å². The molecule has 1 aliphatic rings. The Morgan fingerprint density at radius 2 is 2.14 bits per heavy atom. The SMILES string of the molecule is CN1CC(c2ccccc2CON)C1. The van der Waals surface area contributed by atoms with E-state index in [0.29, 0.717) is 12.5 Å². The fraction of sp³-hybridized carbons (Fsp3) is 0.455. The molecule has 0 aromatic heterocycles. The van der Waals surface area contributed by atoms with E-state index in [1.54, 1.807) is 0 Å². The van der Waals surface area contributed by atoms with Crippen LogP contribution in [-0.2, 0) is 11.4 Å². The molecule has 3 nitrogen and oxygen atoms in total. The first kappa shape index (κ1) is 9.65. The molecule has 0 unspecified atom stereocenters. The van der Waals surface area contributed by atoms with Gasteiger partial charge in [0.1, 0.15) is 0 Å². The van der Waals surface area contributed by atoms with Gasteiger partial charge in [-0.3, -0.25) is 4.84 Å². The molecule has 1 heterocycles. The maximum absolute atomic E-state index is 5.11. The van der Waals surface area contributed by atoms with Crippen LogP contribution in [0.15, 0.2) is 24.3 Å². The molecule has 2 rings (SSSR count). The van der Waals surface area contributed by atoms with Crippen molar-refractivity contribution in [2.75, 3.05) is 20.1 Å². The molecule has 1 aliphatic heterocycles. The minimum absolute atomic E-state index is 0.510. The fourth-order valence-corrected chi connectivity index (χ4v) is 2.05. The van der Waals surface area contributed by atoms with Gasteiger partial charge in [0, 0.05) is 19.0 Å². The Morgan fingerprint density at radius 1 is 1.43 bits per heavy atom. The van der Waals surface area contributed by atoms with E-state index in [1.807, 2.05) is 6.07 Å². The van der Waals surface area contributed by atoms with E-state index in [9.17, 15) is 0 Å². The summed E-state index contributed by atoms with van der Waals surface area (Å²) in [6.45, 7) is 2.79. The van der Waals surface area contributed by atoms with Gasteiger partial charge >= 0.3 is 0 Å². The van der Waals surface area contributed by atoms with Crippen LogP contribution in [0, 0.1) is 0 Å². The first-order valence-electron chi connectivity index (χ1n) is 4.89. The molecule has 1 fully saturated rings. The lowest BCUT2D eigenvalue weighted by atomic mass is 9.89. The van der Waals surface area contributed by atoms with Crippen molar-refractivity contribution in [3.63, 3.8) is 0 Å². The van der Waals surface area contributed by atoms with Gasteiger partial charge in [-0.25, -0.2) is 5.90 Å². The van der Waals surface area contributed by atoms with E-state index in [-0.39, 0.29) is 0 Å². The topological polar surface area (TPSA) is 38.5 Å². The Bertz CT molecular complexity index is 308. The smallest absolute Gasteiger partial charge is 0.0932 e. The Hall–Kier alpha value is -0.900. The van der Waals surface area contributed by atoms with E-state index < -0.39 is 0 Å². The lowest BCUT2D eigenvalue weighted by molar-refractivity contribution is 0.121. The van der Waals surface area contributed by atoms with Gasteiger partial charge in [-0.15, -0.1) is 0 Å². The molecule has 0 saturated carbocycles. The van der Waals surface area contributed by atoms with Crippen LogP contribution >= 0.6 is 0 Å². The molecule has 0 radical (unpaired) electrons. The lowest BCUT2D eigenvalue weighted by Gasteiger charge is -2.37. The van der Waals surface area contributed by atoms with Gasteiger partial charge in [0.25, 0.3) is 0 Å². The van der Waals surface area contributed by atoms with Crippen molar-refractivity contribution in [2.45, 2.75) is 12.5 Å². The molecule has 0 amide bonds. The first-order valence-corrected chi connectivity index (χ1v) is 4.89. The lowest BCUT2D eigenvalue weighted by Crippen LogP contribution is -2.42. The minimum Gasteiger partial charge on any atom is -0.305 e. The third kappa shape index (κ3) is 1.80. The van der Waals surface area contributed by atoms with Gasteiger partial charge in [-0.1, -0.05) is 24.3 Å². The normalized spacial score (nSPS) is 18.1. The summed E-state index contributed by atoms with van der Waals surface area (Å²) in [4.78, 5) is 7.01. The van der Waals surface area contributed by atoms with Crippen molar-refractivity contribution < 1.29 is 4.84 Å². The highest BCUT2D eigenvalue weighted by Crippen LogP contribution is 2.28. The van der Waals surface area contributed by atoms with E-state index in [2.05, 4.69) is 30.1 Å². The maximum Gasteiger partial charge on any atom is 0.0932 e. The third-order valence-electron chi connectivity index (χ3n) is 2.80. The average Bonchev–Trinajstić information content (AvgIpc) is 2.15. The average molecular weight is 192 g/mol. The van der Waals surface area contributed by atoms with E-state index >= 15 is 0 Å². The molecule has 0 atom stereocenters. The number of benzene rings is 1. The van der Waals surface area contributed by atoms with E-state index in [4.69, 9.17) is 10.7 Å². The maximum atomic E-state index is 5.11. The number of hydrogen-bond donors (Lipinski definition) is 1. The Balaban J connectivity index is 2.15. The third-order valence-corrected chi connectivity index (χ3v) is 2.80. The van der Waals surface area contributed by atoms with Crippen LogP contribution in [0.25, 0.3) is 0 Å². The Labute approximate surface area is 84.4 Å². The van der Waals surface area contributed by atoms with Gasteiger partial charge in [-0.2, -0.15) is 0 Å². The molecule has 0 bridgehead atoms. The van der Waals surface area contributed by atoms with Crippen LogP contribution < -0.4 is 5.90 Å². The molecule has 1 saturated heterocycles. The zero-order chi connectivity index (χ0) is 9.97. The van der Waals surface area contributed by atoms with Gasteiger partial charge in [-0.05, 0) is 18.2 Å². The molecule has 0 spiro atoms. The minimum atomic E-state index is 0.510. The number of nitrogens with zero attached hydrogens (tertiary/aromatic N) is 1. The van der Waals surface area contributed by atoms with Crippen LogP contribution in [0.5, 0.6) is 0 Å². The fourth-order valence-electron chi connectivity index (χ4n) is 2.05.